The minimum absolute atomic E-state index is 0.158. The van der Waals surface area contributed by atoms with Gasteiger partial charge < -0.3 is 14.6 Å². The largest absolute Gasteiger partial charge is 0.454 e. The van der Waals surface area contributed by atoms with E-state index in [-0.39, 0.29) is 16.9 Å². The molecule has 1 saturated carbocycles. The smallest absolute Gasteiger partial charge is 0.310 e. The minimum atomic E-state index is -1.37. The maximum atomic E-state index is 12.7. The quantitative estimate of drug-likeness (QED) is 0.472. The fourth-order valence-corrected chi connectivity index (χ4v) is 3.18. The second kappa shape index (κ2) is 10.3. The highest BCUT2D eigenvalue weighted by atomic mass is 16.6. The molecule has 0 spiro atoms. The Kier molecular flexibility index (Phi) is 8.75. The van der Waals surface area contributed by atoms with E-state index in [4.69, 9.17) is 9.47 Å². The van der Waals surface area contributed by atoms with Crippen molar-refractivity contribution < 1.29 is 33.8 Å². The van der Waals surface area contributed by atoms with E-state index in [1.165, 1.54) is 27.7 Å². The Morgan fingerprint density at radius 1 is 0.857 bits per heavy atom. The van der Waals surface area contributed by atoms with Gasteiger partial charge in [-0.15, -0.1) is 0 Å². The number of rotatable bonds is 9. The molecular weight excluding hydrogens is 364 g/mol. The van der Waals surface area contributed by atoms with Crippen LogP contribution in [-0.4, -0.2) is 46.9 Å². The topological polar surface area (TPSA) is 107 Å². The monoisotopic (exact) mass is 394 g/mol. The summed E-state index contributed by atoms with van der Waals surface area (Å²) in [6.07, 6.45) is -1.30. The number of hydrogen-bond donors (Lipinski definition) is 1. The van der Waals surface area contributed by atoms with Crippen molar-refractivity contribution in [2.45, 2.75) is 71.7 Å². The first-order valence-corrected chi connectivity index (χ1v) is 9.45. The van der Waals surface area contributed by atoms with Gasteiger partial charge in [0.25, 0.3) is 0 Å². The van der Waals surface area contributed by atoms with Gasteiger partial charge in [-0.3, -0.25) is 19.2 Å². The zero-order valence-corrected chi connectivity index (χ0v) is 17.0. The van der Waals surface area contributed by atoms with Crippen LogP contribution < -0.4 is 0 Å². The Morgan fingerprint density at radius 2 is 1.29 bits per heavy atom. The van der Waals surface area contributed by atoms with Crippen LogP contribution in [0.3, 0.4) is 0 Å². The molecule has 0 saturated heterocycles. The van der Waals surface area contributed by atoms with Crippen molar-refractivity contribution in [1.82, 2.24) is 0 Å². The molecule has 1 N–H and O–H groups in total. The molecule has 0 aliphatic heterocycles. The van der Waals surface area contributed by atoms with E-state index in [1.54, 1.807) is 0 Å². The second-order valence-electron chi connectivity index (χ2n) is 7.46. The predicted molar refractivity (Wildman–Crippen MR) is 102 cm³/mol. The van der Waals surface area contributed by atoms with Gasteiger partial charge in [0.15, 0.2) is 18.0 Å². The molecule has 1 aliphatic rings. The van der Waals surface area contributed by atoms with Crippen LogP contribution in [0.1, 0.15) is 53.4 Å². The lowest BCUT2D eigenvalue weighted by Crippen LogP contribution is -2.42. The van der Waals surface area contributed by atoms with Crippen molar-refractivity contribution in [3.8, 4) is 0 Å². The maximum absolute atomic E-state index is 12.7. The molecule has 1 fully saturated rings. The van der Waals surface area contributed by atoms with Crippen LogP contribution in [0.5, 0.6) is 0 Å². The van der Waals surface area contributed by atoms with E-state index in [2.05, 4.69) is 13.2 Å². The first-order valence-electron chi connectivity index (χ1n) is 9.45. The molecule has 5 atom stereocenters. The highest BCUT2D eigenvalue weighted by Gasteiger charge is 2.41. The van der Waals surface area contributed by atoms with Gasteiger partial charge in [0.2, 0.25) is 5.78 Å². The van der Waals surface area contributed by atoms with Crippen LogP contribution in [0.4, 0.5) is 0 Å². The number of Topliss-reactive ketones (excluding diaryl/α,β-unsaturated/α-hetero) is 2. The first kappa shape index (κ1) is 23.8. The number of ketones is 2. The molecule has 28 heavy (non-hydrogen) atoms. The Bertz CT molecular complexity index is 662. The van der Waals surface area contributed by atoms with Crippen LogP contribution in [0.15, 0.2) is 24.3 Å². The van der Waals surface area contributed by atoms with Gasteiger partial charge in [0, 0.05) is 0 Å². The Balaban J connectivity index is 2.90. The lowest BCUT2D eigenvalue weighted by Gasteiger charge is -2.30. The molecule has 0 heterocycles. The molecule has 7 nitrogen and oxygen atoms in total. The molecule has 1 aliphatic carbocycles. The summed E-state index contributed by atoms with van der Waals surface area (Å²) in [6.45, 7) is 12.9. The molecule has 0 amide bonds. The van der Waals surface area contributed by atoms with Gasteiger partial charge in [-0.25, -0.2) is 0 Å². The highest BCUT2D eigenvalue weighted by Crippen LogP contribution is 2.33. The average Bonchev–Trinajstić information content (AvgIpc) is 2.63. The van der Waals surface area contributed by atoms with E-state index in [1.807, 2.05) is 0 Å². The molecule has 0 aromatic rings. The summed E-state index contributed by atoms with van der Waals surface area (Å²) in [5.74, 6) is -3.91. The third kappa shape index (κ3) is 6.12. The Labute approximate surface area is 165 Å². The van der Waals surface area contributed by atoms with Crippen LogP contribution in [-0.2, 0) is 28.7 Å². The number of esters is 2. The number of aliphatic hydroxyl groups excluding tert-OH is 1. The molecule has 0 aromatic heterocycles. The number of carbonyl (C=O) groups is 4. The molecule has 0 radical (unpaired) electrons. The SMILES string of the molecule is C=C(C)C(=O)C(C)OC(=O)C1CCCCC1C(=O)OC(C(=O)C(=C)C)C(C)O. The molecule has 5 unspecified atom stereocenters. The molecular formula is C21H30O7. The van der Waals surface area contributed by atoms with E-state index >= 15 is 0 Å². The number of carbonyl (C=O) groups excluding carboxylic acids is 4. The average molecular weight is 394 g/mol. The molecule has 0 bridgehead atoms. The van der Waals surface area contributed by atoms with E-state index < -0.39 is 47.9 Å². The summed E-state index contributed by atoms with van der Waals surface area (Å²) >= 11 is 0. The van der Waals surface area contributed by atoms with Gasteiger partial charge in [-0.2, -0.15) is 0 Å². The number of aliphatic hydroxyl groups is 1. The zero-order chi connectivity index (χ0) is 21.6. The Morgan fingerprint density at radius 3 is 1.68 bits per heavy atom. The summed E-state index contributed by atoms with van der Waals surface area (Å²) in [6, 6.07) is 0. The van der Waals surface area contributed by atoms with Crippen LogP contribution in [0.2, 0.25) is 0 Å². The van der Waals surface area contributed by atoms with Gasteiger partial charge in [-0.1, -0.05) is 26.0 Å². The third-order valence-electron chi connectivity index (χ3n) is 4.81. The summed E-state index contributed by atoms with van der Waals surface area (Å²) in [4.78, 5) is 49.3. The van der Waals surface area contributed by atoms with Gasteiger partial charge >= 0.3 is 11.9 Å². The van der Waals surface area contributed by atoms with Crippen LogP contribution >= 0.6 is 0 Å². The summed E-state index contributed by atoms with van der Waals surface area (Å²) in [5, 5.41) is 9.81. The van der Waals surface area contributed by atoms with Crippen molar-refractivity contribution in [1.29, 1.82) is 0 Å². The van der Waals surface area contributed by atoms with E-state index in [0.29, 0.717) is 12.8 Å². The molecule has 0 aromatic carbocycles. The summed E-state index contributed by atoms with van der Waals surface area (Å²) in [7, 11) is 0. The van der Waals surface area contributed by atoms with Crippen molar-refractivity contribution in [2.75, 3.05) is 0 Å². The highest BCUT2D eigenvalue weighted by molar-refractivity contribution is 6.00. The minimum Gasteiger partial charge on any atom is -0.454 e. The fraction of sp³-hybridized carbons (Fsp3) is 0.619. The maximum Gasteiger partial charge on any atom is 0.310 e. The first-order chi connectivity index (χ1) is 13.0. The van der Waals surface area contributed by atoms with Crippen molar-refractivity contribution in [3.63, 3.8) is 0 Å². The second-order valence-corrected chi connectivity index (χ2v) is 7.46. The lowest BCUT2D eigenvalue weighted by atomic mass is 9.79. The standard InChI is InChI=1S/C21H30O7/c1-11(2)17(23)14(6)27-20(25)15-9-7-8-10-16(15)21(26)28-19(13(5)22)18(24)12(3)4/h13-16,19,22H,1,3,7-10H2,2,4-6H3. The number of ether oxygens (including phenoxy) is 2. The number of hydrogen-bond acceptors (Lipinski definition) is 7. The third-order valence-corrected chi connectivity index (χ3v) is 4.81. The zero-order valence-electron chi connectivity index (χ0n) is 17.0. The summed E-state index contributed by atoms with van der Waals surface area (Å²) in [5.41, 5.74) is 0.434. The Hall–Kier alpha value is -2.28. The van der Waals surface area contributed by atoms with Gasteiger partial charge in [-0.05, 0) is 51.7 Å². The van der Waals surface area contributed by atoms with Crippen molar-refractivity contribution >= 4 is 23.5 Å². The van der Waals surface area contributed by atoms with Crippen LogP contribution in [0.25, 0.3) is 0 Å². The summed E-state index contributed by atoms with van der Waals surface area (Å²) < 4.78 is 10.5. The van der Waals surface area contributed by atoms with E-state index in [0.717, 1.165) is 12.8 Å². The lowest BCUT2D eigenvalue weighted by molar-refractivity contribution is -0.173. The van der Waals surface area contributed by atoms with E-state index in [9.17, 15) is 24.3 Å². The normalized spacial score (nSPS) is 22.3. The molecule has 7 heteroatoms. The van der Waals surface area contributed by atoms with Crippen molar-refractivity contribution in [2.24, 2.45) is 11.8 Å². The molecule has 156 valence electrons. The predicted octanol–water partition coefficient (Wildman–Crippen LogP) is 2.31. The molecule has 1 rings (SSSR count). The van der Waals surface area contributed by atoms with Gasteiger partial charge in [0.05, 0.1) is 17.9 Å². The van der Waals surface area contributed by atoms with Gasteiger partial charge in [0.1, 0.15) is 0 Å². The van der Waals surface area contributed by atoms with Crippen LogP contribution in [0, 0.1) is 11.8 Å². The fourth-order valence-electron chi connectivity index (χ4n) is 3.18. The van der Waals surface area contributed by atoms with Crippen molar-refractivity contribution in [3.05, 3.63) is 24.3 Å².